The maximum atomic E-state index is 13.2. The highest BCUT2D eigenvalue weighted by Crippen LogP contribution is 2.48. The SMILES string of the molecule is CC(C)N(Cc1ccccc1)C(=O)C1(C(=O)NCc2ccccc2)CC1. The summed E-state index contributed by atoms with van der Waals surface area (Å²) < 4.78 is 0. The minimum Gasteiger partial charge on any atom is -0.351 e. The van der Waals surface area contributed by atoms with E-state index < -0.39 is 5.41 Å². The van der Waals surface area contributed by atoms with Crippen molar-refractivity contribution >= 4 is 11.8 Å². The molecule has 0 aromatic heterocycles. The molecule has 0 atom stereocenters. The number of amides is 2. The Hall–Kier alpha value is -2.62. The number of carbonyl (C=O) groups is 2. The largest absolute Gasteiger partial charge is 0.351 e. The highest BCUT2D eigenvalue weighted by atomic mass is 16.2. The lowest BCUT2D eigenvalue weighted by Gasteiger charge is -2.30. The number of hydrogen-bond acceptors (Lipinski definition) is 2. The van der Waals surface area contributed by atoms with Gasteiger partial charge < -0.3 is 10.2 Å². The maximum absolute atomic E-state index is 13.2. The summed E-state index contributed by atoms with van der Waals surface area (Å²) >= 11 is 0. The zero-order valence-corrected chi connectivity index (χ0v) is 15.4. The van der Waals surface area contributed by atoms with Gasteiger partial charge in [0.1, 0.15) is 5.41 Å². The van der Waals surface area contributed by atoms with Crippen LogP contribution >= 0.6 is 0 Å². The van der Waals surface area contributed by atoms with E-state index in [1.807, 2.05) is 79.4 Å². The minimum absolute atomic E-state index is 0.0436. The van der Waals surface area contributed by atoms with Crippen LogP contribution in [0.25, 0.3) is 0 Å². The zero-order chi connectivity index (χ0) is 18.6. The predicted octanol–water partition coefficient (Wildman–Crippen LogP) is 3.52. The molecule has 4 nitrogen and oxygen atoms in total. The van der Waals surface area contributed by atoms with Crippen molar-refractivity contribution in [1.82, 2.24) is 10.2 Å². The van der Waals surface area contributed by atoms with Crippen LogP contribution in [0, 0.1) is 5.41 Å². The van der Waals surface area contributed by atoms with Crippen LogP contribution in [0.5, 0.6) is 0 Å². The van der Waals surface area contributed by atoms with E-state index in [2.05, 4.69) is 5.32 Å². The lowest BCUT2D eigenvalue weighted by molar-refractivity contribution is -0.146. The second kappa shape index (κ2) is 7.73. The number of hydrogen-bond donors (Lipinski definition) is 1. The Morgan fingerprint density at radius 1 is 0.962 bits per heavy atom. The summed E-state index contributed by atoms with van der Waals surface area (Å²) in [7, 11) is 0. The Morgan fingerprint density at radius 2 is 1.50 bits per heavy atom. The fraction of sp³-hybridized carbons (Fsp3) is 0.364. The highest BCUT2D eigenvalue weighted by molar-refractivity contribution is 6.07. The first-order valence-electron chi connectivity index (χ1n) is 9.20. The number of carbonyl (C=O) groups excluding carboxylic acids is 2. The first kappa shape index (κ1) is 18.2. The number of rotatable bonds is 7. The van der Waals surface area contributed by atoms with Crippen LogP contribution in [-0.2, 0) is 22.7 Å². The number of nitrogens with zero attached hydrogens (tertiary/aromatic N) is 1. The van der Waals surface area contributed by atoms with Crippen molar-refractivity contribution in [3.63, 3.8) is 0 Å². The molecule has 0 saturated heterocycles. The van der Waals surface area contributed by atoms with E-state index in [9.17, 15) is 9.59 Å². The first-order chi connectivity index (χ1) is 12.5. The fourth-order valence-electron chi connectivity index (χ4n) is 3.15. The smallest absolute Gasteiger partial charge is 0.238 e. The molecule has 0 heterocycles. The van der Waals surface area contributed by atoms with Crippen molar-refractivity contribution in [1.29, 1.82) is 0 Å². The molecular weight excluding hydrogens is 324 g/mol. The summed E-state index contributed by atoms with van der Waals surface area (Å²) in [6.07, 6.45) is 1.26. The topological polar surface area (TPSA) is 49.4 Å². The van der Waals surface area contributed by atoms with Gasteiger partial charge in [-0.2, -0.15) is 0 Å². The van der Waals surface area contributed by atoms with Crippen LogP contribution in [0.2, 0.25) is 0 Å². The molecule has 2 amide bonds. The third-order valence-corrected chi connectivity index (χ3v) is 4.97. The standard InChI is InChI=1S/C22H26N2O2/c1-17(2)24(16-19-11-7-4-8-12-19)21(26)22(13-14-22)20(25)23-15-18-9-5-3-6-10-18/h3-12,17H,13-16H2,1-2H3,(H,23,25). The van der Waals surface area contributed by atoms with Gasteiger partial charge in [0.2, 0.25) is 11.8 Å². The molecule has 2 aromatic carbocycles. The molecule has 0 unspecified atom stereocenters. The van der Waals surface area contributed by atoms with E-state index in [4.69, 9.17) is 0 Å². The van der Waals surface area contributed by atoms with Crippen molar-refractivity contribution < 1.29 is 9.59 Å². The molecule has 0 spiro atoms. The average Bonchev–Trinajstić information content (AvgIpc) is 3.47. The summed E-state index contributed by atoms with van der Waals surface area (Å²) in [5.74, 6) is -0.202. The summed E-state index contributed by atoms with van der Waals surface area (Å²) in [4.78, 5) is 27.8. The van der Waals surface area contributed by atoms with Crippen molar-refractivity contribution in [2.45, 2.75) is 45.8 Å². The van der Waals surface area contributed by atoms with Crippen molar-refractivity contribution in [2.24, 2.45) is 5.41 Å². The zero-order valence-electron chi connectivity index (χ0n) is 15.4. The van der Waals surface area contributed by atoms with Crippen LogP contribution in [0.3, 0.4) is 0 Å². The second-order valence-electron chi connectivity index (χ2n) is 7.26. The van der Waals surface area contributed by atoms with Gasteiger partial charge in [0.05, 0.1) is 0 Å². The van der Waals surface area contributed by atoms with E-state index in [1.165, 1.54) is 0 Å². The molecule has 1 N–H and O–H groups in total. The van der Waals surface area contributed by atoms with Gasteiger partial charge in [-0.1, -0.05) is 60.7 Å². The van der Waals surface area contributed by atoms with Gasteiger partial charge in [0.15, 0.2) is 0 Å². The first-order valence-corrected chi connectivity index (χ1v) is 9.20. The Balaban J connectivity index is 1.68. The minimum atomic E-state index is -0.881. The van der Waals surface area contributed by atoms with E-state index in [1.54, 1.807) is 0 Å². The van der Waals surface area contributed by atoms with Crippen LogP contribution in [0.15, 0.2) is 60.7 Å². The predicted molar refractivity (Wildman–Crippen MR) is 102 cm³/mol. The van der Waals surface area contributed by atoms with Crippen molar-refractivity contribution in [3.8, 4) is 0 Å². The number of benzene rings is 2. The highest BCUT2D eigenvalue weighted by Gasteiger charge is 2.58. The van der Waals surface area contributed by atoms with Gasteiger partial charge in [-0.3, -0.25) is 9.59 Å². The molecule has 26 heavy (non-hydrogen) atoms. The van der Waals surface area contributed by atoms with Crippen LogP contribution in [0.4, 0.5) is 0 Å². The van der Waals surface area contributed by atoms with E-state index in [0.717, 1.165) is 11.1 Å². The second-order valence-corrected chi connectivity index (χ2v) is 7.26. The molecule has 4 heteroatoms. The third-order valence-electron chi connectivity index (χ3n) is 4.97. The van der Waals surface area contributed by atoms with Crippen LogP contribution in [-0.4, -0.2) is 22.8 Å². The van der Waals surface area contributed by atoms with Gasteiger partial charge >= 0.3 is 0 Å². The molecular formula is C22H26N2O2. The molecule has 3 rings (SSSR count). The van der Waals surface area contributed by atoms with Crippen LogP contribution in [0.1, 0.15) is 37.8 Å². The summed E-state index contributed by atoms with van der Waals surface area (Å²) in [5.41, 5.74) is 1.23. The fourth-order valence-corrected chi connectivity index (χ4v) is 3.15. The van der Waals surface area contributed by atoms with Gasteiger partial charge in [0.25, 0.3) is 0 Å². The third kappa shape index (κ3) is 3.96. The Morgan fingerprint density at radius 3 is 2.00 bits per heavy atom. The van der Waals surface area contributed by atoms with Crippen LogP contribution < -0.4 is 5.32 Å². The molecule has 1 aliphatic rings. The lowest BCUT2D eigenvalue weighted by Crippen LogP contribution is -2.47. The molecule has 136 valence electrons. The normalized spacial score (nSPS) is 14.7. The molecule has 0 bridgehead atoms. The number of nitrogens with one attached hydrogen (secondary N) is 1. The monoisotopic (exact) mass is 350 g/mol. The molecule has 2 aromatic rings. The summed E-state index contributed by atoms with van der Waals surface area (Å²) in [6.45, 7) is 4.98. The molecule has 1 fully saturated rings. The lowest BCUT2D eigenvalue weighted by atomic mass is 10.0. The quantitative estimate of drug-likeness (QED) is 0.777. The average molecular weight is 350 g/mol. The van der Waals surface area contributed by atoms with Crippen molar-refractivity contribution in [2.75, 3.05) is 0 Å². The molecule has 1 aliphatic carbocycles. The Bertz CT molecular complexity index is 752. The molecule has 0 aliphatic heterocycles. The molecule has 0 radical (unpaired) electrons. The maximum Gasteiger partial charge on any atom is 0.238 e. The van der Waals surface area contributed by atoms with Gasteiger partial charge in [-0.25, -0.2) is 0 Å². The summed E-state index contributed by atoms with van der Waals surface area (Å²) in [5, 5.41) is 2.95. The van der Waals surface area contributed by atoms with E-state index in [-0.39, 0.29) is 17.9 Å². The Kier molecular flexibility index (Phi) is 5.40. The van der Waals surface area contributed by atoms with Gasteiger partial charge in [-0.05, 0) is 37.8 Å². The van der Waals surface area contributed by atoms with Gasteiger partial charge in [0, 0.05) is 19.1 Å². The van der Waals surface area contributed by atoms with Crippen molar-refractivity contribution in [3.05, 3.63) is 71.8 Å². The Labute approximate surface area is 155 Å². The van der Waals surface area contributed by atoms with E-state index >= 15 is 0 Å². The molecule has 1 saturated carbocycles. The van der Waals surface area contributed by atoms with Gasteiger partial charge in [-0.15, -0.1) is 0 Å². The van der Waals surface area contributed by atoms with E-state index in [0.29, 0.717) is 25.9 Å². The summed E-state index contributed by atoms with van der Waals surface area (Å²) in [6, 6.07) is 19.7.